The van der Waals surface area contributed by atoms with Crippen molar-refractivity contribution in [3.8, 4) is 0 Å². The number of amides is 1. The molecule has 0 aliphatic carbocycles. The minimum Gasteiger partial charge on any atom is -0.395 e. The molecule has 6 nitrogen and oxygen atoms in total. The van der Waals surface area contributed by atoms with Gasteiger partial charge in [-0.25, -0.2) is 0 Å². The smallest absolute Gasteiger partial charge is 0.395 e. The number of hydrogen-bond donors (Lipinski definition) is 1. The van der Waals surface area contributed by atoms with Gasteiger partial charge in [-0.2, -0.15) is 13.2 Å². The number of aliphatic hydroxyl groups excluding tert-OH is 1. The van der Waals surface area contributed by atoms with Crippen LogP contribution in [0, 0.1) is 13.7 Å². The van der Waals surface area contributed by atoms with Gasteiger partial charge in [0.1, 0.15) is 6.54 Å². The van der Waals surface area contributed by atoms with Gasteiger partial charge in [-0.05, 0) is 28.7 Å². The molecule has 1 aromatic rings. The van der Waals surface area contributed by atoms with Crippen molar-refractivity contribution in [1.29, 1.82) is 0 Å². The average Bonchev–Trinajstić information content (AvgIpc) is 2.36. The number of aliphatic hydroxyl groups is 1. The lowest BCUT2D eigenvalue weighted by Crippen LogP contribution is -2.41. The van der Waals surface area contributed by atoms with E-state index in [1.807, 2.05) is 0 Å². The van der Waals surface area contributed by atoms with E-state index >= 15 is 0 Å². The van der Waals surface area contributed by atoms with Gasteiger partial charge in [-0.3, -0.25) is 14.9 Å². The number of nitro groups is 1. The van der Waals surface area contributed by atoms with Crippen LogP contribution in [0.5, 0.6) is 0 Å². The quantitative estimate of drug-likeness (QED) is 0.452. The summed E-state index contributed by atoms with van der Waals surface area (Å²) in [5.74, 6) is -1.02. The SMILES string of the molecule is O=C(c1cc([N+](=O)[O-])ccc1I)N(CCO)CC(F)(F)F. The van der Waals surface area contributed by atoms with Crippen molar-refractivity contribution < 1.29 is 28.0 Å². The average molecular weight is 418 g/mol. The van der Waals surface area contributed by atoms with Crippen molar-refractivity contribution in [3.63, 3.8) is 0 Å². The molecule has 10 heteroatoms. The van der Waals surface area contributed by atoms with Crippen LogP contribution in [0.2, 0.25) is 0 Å². The monoisotopic (exact) mass is 418 g/mol. The van der Waals surface area contributed by atoms with Gasteiger partial charge in [0.2, 0.25) is 0 Å². The topological polar surface area (TPSA) is 83.7 Å². The first kappa shape index (κ1) is 17.6. The van der Waals surface area contributed by atoms with Crippen molar-refractivity contribution >= 4 is 34.2 Å². The normalized spacial score (nSPS) is 11.3. The van der Waals surface area contributed by atoms with Gasteiger partial charge >= 0.3 is 6.18 Å². The van der Waals surface area contributed by atoms with E-state index in [2.05, 4.69) is 0 Å². The van der Waals surface area contributed by atoms with Crippen LogP contribution in [-0.4, -0.2) is 46.7 Å². The molecule has 0 saturated heterocycles. The molecule has 0 aliphatic rings. The van der Waals surface area contributed by atoms with Crippen molar-refractivity contribution in [1.82, 2.24) is 4.90 Å². The van der Waals surface area contributed by atoms with E-state index in [1.165, 1.54) is 6.07 Å². The Kier molecular flexibility index (Phi) is 5.89. The first-order chi connectivity index (χ1) is 9.65. The zero-order valence-electron chi connectivity index (χ0n) is 10.4. The molecule has 1 N–H and O–H groups in total. The number of hydrogen-bond acceptors (Lipinski definition) is 4. The van der Waals surface area contributed by atoms with E-state index in [1.54, 1.807) is 22.6 Å². The van der Waals surface area contributed by atoms with E-state index in [4.69, 9.17) is 5.11 Å². The molecule has 1 rings (SSSR count). The molecule has 116 valence electrons. The van der Waals surface area contributed by atoms with Gasteiger partial charge in [0.25, 0.3) is 11.6 Å². The Hall–Kier alpha value is -1.43. The molecule has 0 saturated carbocycles. The Morgan fingerprint density at radius 3 is 2.52 bits per heavy atom. The molecule has 0 spiro atoms. The lowest BCUT2D eigenvalue weighted by atomic mass is 10.1. The van der Waals surface area contributed by atoms with Crippen LogP contribution in [0.25, 0.3) is 0 Å². The fourth-order valence-electron chi connectivity index (χ4n) is 1.55. The van der Waals surface area contributed by atoms with Crippen molar-refractivity contribution in [2.24, 2.45) is 0 Å². The van der Waals surface area contributed by atoms with Crippen LogP contribution in [0.15, 0.2) is 18.2 Å². The third-order valence-corrected chi connectivity index (χ3v) is 3.36. The number of alkyl halides is 3. The summed E-state index contributed by atoms with van der Waals surface area (Å²) in [4.78, 5) is 22.4. The van der Waals surface area contributed by atoms with Crippen LogP contribution in [-0.2, 0) is 0 Å². The molecule has 0 bridgehead atoms. The summed E-state index contributed by atoms with van der Waals surface area (Å²) in [6.45, 7) is -2.70. The highest BCUT2D eigenvalue weighted by Gasteiger charge is 2.34. The first-order valence-electron chi connectivity index (χ1n) is 5.56. The summed E-state index contributed by atoms with van der Waals surface area (Å²) >= 11 is 1.70. The highest BCUT2D eigenvalue weighted by Crippen LogP contribution is 2.23. The minimum atomic E-state index is -4.63. The number of halogens is 4. The molecule has 0 atom stereocenters. The number of rotatable bonds is 5. The van der Waals surface area contributed by atoms with E-state index < -0.39 is 42.4 Å². The number of benzene rings is 1. The summed E-state index contributed by atoms with van der Waals surface area (Å²) in [5.41, 5.74) is -0.600. The van der Waals surface area contributed by atoms with Crippen molar-refractivity contribution in [3.05, 3.63) is 37.4 Å². The van der Waals surface area contributed by atoms with Crippen molar-refractivity contribution in [2.45, 2.75) is 6.18 Å². The number of carbonyl (C=O) groups excluding carboxylic acids is 1. The standard InChI is InChI=1S/C11H10F3IN2O4/c12-11(13,14)6-16(3-4-18)10(19)8-5-7(17(20)21)1-2-9(8)15/h1-2,5,18H,3-4,6H2. The second-order valence-corrected chi connectivity index (χ2v) is 5.15. The molecule has 0 fully saturated rings. The van der Waals surface area contributed by atoms with E-state index in [-0.39, 0.29) is 9.13 Å². The molecule has 0 radical (unpaired) electrons. The summed E-state index contributed by atoms with van der Waals surface area (Å²) in [6.07, 6.45) is -4.63. The van der Waals surface area contributed by atoms with Gasteiger partial charge in [-0.1, -0.05) is 0 Å². The number of nitro benzene ring substituents is 1. The Labute approximate surface area is 130 Å². The highest BCUT2D eigenvalue weighted by atomic mass is 127. The van der Waals surface area contributed by atoms with Crippen LogP contribution >= 0.6 is 22.6 Å². The second kappa shape index (κ2) is 7.02. The lowest BCUT2D eigenvalue weighted by Gasteiger charge is -2.23. The van der Waals surface area contributed by atoms with E-state index in [0.29, 0.717) is 4.90 Å². The largest absolute Gasteiger partial charge is 0.406 e. The molecule has 0 unspecified atom stereocenters. The predicted molar refractivity (Wildman–Crippen MR) is 74.9 cm³/mol. The molecule has 0 heterocycles. The van der Waals surface area contributed by atoms with Gasteiger partial charge in [0.15, 0.2) is 0 Å². The number of carbonyl (C=O) groups is 1. The summed E-state index contributed by atoms with van der Waals surface area (Å²) < 4.78 is 37.6. The third-order valence-electron chi connectivity index (χ3n) is 2.42. The Morgan fingerprint density at radius 2 is 2.05 bits per heavy atom. The molecule has 0 aliphatic heterocycles. The highest BCUT2D eigenvalue weighted by molar-refractivity contribution is 14.1. The zero-order chi connectivity index (χ0) is 16.2. The number of non-ortho nitro benzene ring substituents is 1. The maximum absolute atomic E-state index is 12.4. The summed E-state index contributed by atoms with van der Waals surface area (Å²) in [6, 6.07) is 3.35. The molecule has 1 amide bonds. The summed E-state index contributed by atoms with van der Waals surface area (Å²) in [7, 11) is 0. The second-order valence-electron chi connectivity index (χ2n) is 3.99. The van der Waals surface area contributed by atoms with Gasteiger partial charge < -0.3 is 10.0 Å². The lowest BCUT2D eigenvalue weighted by molar-refractivity contribution is -0.384. The van der Waals surface area contributed by atoms with Gasteiger partial charge in [0.05, 0.1) is 17.1 Å². The number of nitrogens with zero attached hydrogens (tertiary/aromatic N) is 2. The Balaban J connectivity index is 3.13. The first-order valence-corrected chi connectivity index (χ1v) is 6.64. The zero-order valence-corrected chi connectivity index (χ0v) is 12.6. The van der Waals surface area contributed by atoms with Crippen LogP contribution < -0.4 is 0 Å². The molecular formula is C11H10F3IN2O4. The molecular weight excluding hydrogens is 408 g/mol. The molecule has 1 aromatic carbocycles. The minimum absolute atomic E-state index is 0.206. The van der Waals surface area contributed by atoms with Gasteiger partial charge in [0, 0.05) is 22.2 Å². The van der Waals surface area contributed by atoms with Crippen LogP contribution in [0.1, 0.15) is 10.4 Å². The van der Waals surface area contributed by atoms with Crippen LogP contribution in [0.3, 0.4) is 0 Å². The molecule has 0 aromatic heterocycles. The summed E-state index contributed by atoms with van der Waals surface area (Å²) in [5, 5.41) is 19.4. The predicted octanol–water partition coefficient (Wildman–Crippen LogP) is 2.20. The van der Waals surface area contributed by atoms with Gasteiger partial charge in [-0.15, -0.1) is 0 Å². The Bertz CT molecular complexity index is 551. The maximum Gasteiger partial charge on any atom is 0.406 e. The van der Waals surface area contributed by atoms with E-state index in [9.17, 15) is 28.1 Å². The fourth-order valence-corrected chi connectivity index (χ4v) is 2.12. The third kappa shape index (κ3) is 5.12. The van der Waals surface area contributed by atoms with Crippen molar-refractivity contribution in [2.75, 3.05) is 19.7 Å². The fraction of sp³-hybridized carbons (Fsp3) is 0.364. The van der Waals surface area contributed by atoms with E-state index in [0.717, 1.165) is 12.1 Å². The Morgan fingerprint density at radius 1 is 1.43 bits per heavy atom. The van der Waals surface area contributed by atoms with Crippen LogP contribution in [0.4, 0.5) is 18.9 Å². The maximum atomic E-state index is 12.4. The molecule has 21 heavy (non-hydrogen) atoms.